The second-order valence-electron chi connectivity index (χ2n) is 12.3. The summed E-state index contributed by atoms with van der Waals surface area (Å²) >= 11 is 0. The number of aliphatic hydroxyl groups excluding tert-OH is 1. The minimum absolute atomic E-state index is 0.238. The average Bonchev–Trinajstić information content (AvgIpc) is 3.57. The van der Waals surface area contributed by atoms with Crippen LogP contribution in [0.25, 0.3) is 33.7 Å². The van der Waals surface area contributed by atoms with Crippen molar-refractivity contribution in [3.05, 3.63) is 151 Å². The summed E-state index contributed by atoms with van der Waals surface area (Å²) in [6, 6.07) is 34.8. The van der Waals surface area contributed by atoms with Crippen LogP contribution in [0, 0.1) is 6.92 Å². The zero-order valence-corrected chi connectivity index (χ0v) is 28.6. The Bertz CT molecular complexity index is 2350. The summed E-state index contributed by atoms with van der Waals surface area (Å²) in [6.07, 6.45) is 3.93. The first kappa shape index (κ1) is 33.8. The number of hydrogen-bond acceptors (Lipinski definition) is 8. The lowest BCUT2D eigenvalue weighted by Crippen LogP contribution is -2.37. The predicted octanol–water partition coefficient (Wildman–Crippen LogP) is 6.75. The summed E-state index contributed by atoms with van der Waals surface area (Å²) in [7, 11) is 1.58. The summed E-state index contributed by atoms with van der Waals surface area (Å²) in [5.74, 6) is 0.120. The Hall–Kier alpha value is -6.72. The van der Waals surface area contributed by atoms with Gasteiger partial charge in [-0.2, -0.15) is 0 Å². The first-order valence-corrected chi connectivity index (χ1v) is 16.8. The fraction of sp³-hybridized carbons (Fsp3) is 0.122. The Kier molecular flexibility index (Phi) is 9.76. The third kappa shape index (κ3) is 7.25. The molecule has 0 spiro atoms. The van der Waals surface area contributed by atoms with Crippen molar-refractivity contribution in [3.8, 4) is 22.6 Å². The molecule has 0 aliphatic carbocycles. The van der Waals surface area contributed by atoms with Crippen LogP contribution >= 0.6 is 0 Å². The Morgan fingerprint density at radius 1 is 0.827 bits per heavy atom. The van der Waals surface area contributed by atoms with Crippen LogP contribution in [-0.4, -0.2) is 54.6 Å². The van der Waals surface area contributed by atoms with Crippen molar-refractivity contribution in [1.29, 1.82) is 0 Å². The monoisotopic (exact) mass is 688 g/mol. The molecule has 258 valence electrons. The Balaban J connectivity index is 1.23. The Labute approximate surface area is 300 Å². The van der Waals surface area contributed by atoms with Crippen molar-refractivity contribution >= 4 is 40.2 Å². The summed E-state index contributed by atoms with van der Waals surface area (Å²) < 4.78 is 1.91. The van der Waals surface area contributed by atoms with Gasteiger partial charge in [0.1, 0.15) is 5.82 Å². The lowest BCUT2D eigenvalue weighted by atomic mass is 9.99. The van der Waals surface area contributed by atoms with Gasteiger partial charge in [0, 0.05) is 53.7 Å². The van der Waals surface area contributed by atoms with Crippen LogP contribution < -0.4 is 16.0 Å². The van der Waals surface area contributed by atoms with E-state index in [1.807, 2.05) is 102 Å². The second kappa shape index (κ2) is 15.0. The molecule has 0 aliphatic rings. The Morgan fingerprint density at radius 3 is 2.35 bits per heavy atom. The van der Waals surface area contributed by atoms with E-state index in [-0.39, 0.29) is 5.91 Å². The molecule has 11 heteroatoms. The van der Waals surface area contributed by atoms with Crippen molar-refractivity contribution in [2.75, 3.05) is 17.7 Å². The molecular formula is C41H36N8O3. The summed E-state index contributed by atoms with van der Waals surface area (Å²) in [5, 5.41) is 20.9. The van der Waals surface area contributed by atoms with Gasteiger partial charge < -0.3 is 25.6 Å². The molecule has 2 atom stereocenters. The first-order valence-electron chi connectivity index (χ1n) is 16.8. The number of aliphatic hydroxyl groups is 1. The van der Waals surface area contributed by atoms with Gasteiger partial charge in [-0.3, -0.25) is 14.6 Å². The van der Waals surface area contributed by atoms with Crippen molar-refractivity contribution in [3.63, 3.8) is 0 Å². The van der Waals surface area contributed by atoms with Crippen LogP contribution in [0.1, 0.15) is 27.5 Å². The highest BCUT2D eigenvalue weighted by molar-refractivity contribution is 5.98. The molecule has 11 nitrogen and oxygen atoms in total. The normalized spacial score (nSPS) is 12.2. The SMILES string of the molecule is CNC(=O)c1ccc2c(c1)nc(-c1ccccc1)n2[C@H](Cc1ccccc1)[C@H](O)C(=O)Nc1ccc(C)c(Nc2nccc(-c3cccnc3)n2)c1. The number of carbonyl (C=O) groups is 2. The molecule has 52 heavy (non-hydrogen) atoms. The molecule has 7 rings (SSSR count). The van der Waals surface area contributed by atoms with Crippen LogP contribution in [0.3, 0.4) is 0 Å². The molecule has 0 saturated heterocycles. The van der Waals surface area contributed by atoms with E-state index in [1.54, 1.807) is 49.9 Å². The highest BCUT2D eigenvalue weighted by Gasteiger charge is 2.32. The van der Waals surface area contributed by atoms with Gasteiger partial charge in [0.25, 0.3) is 11.8 Å². The van der Waals surface area contributed by atoms with Crippen molar-refractivity contribution in [2.24, 2.45) is 0 Å². The number of fused-ring (bicyclic) bond motifs is 1. The number of rotatable bonds is 11. The van der Waals surface area contributed by atoms with Crippen LogP contribution in [0.4, 0.5) is 17.3 Å². The van der Waals surface area contributed by atoms with Crippen molar-refractivity contribution in [2.45, 2.75) is 25.5 Å². The zero-order valence-electron chi connectivity index (χ0n) is 28.6. The number of hydrogen-bond donors (Lipinski definition) is 4. The number of nitrogens with zero attached hydrogens (tertiary/aromatic N) is 5. The van der Waals surface area contributed by atoms with Crippen LogP contribution in [0.2, 0.25) is 0 Å². The minimum Gasteiger partial charge on any atom is -0.381 e. The van der Waals surface area contributed by atoms with E-state index in [4.69, 9.17) is 4.98 Å². The lowest BCUT2D eigenvalue weighted by molar-refractivity contribution is -0.126. The number of anilines is 3. The average molecular weight is 689 g/mol. The molecule has 0 radical (unpaired) electrons. The van der Waals surface area contributed by atoms with Gasteiger partial charge in [-0.25, -0.2) is 15.0 Å². The van der Waals surface area contributed by atoms with Crippen molar-refractivity contribution < 1.29 is 14.7 Å². The number of nitrogens with one attached hydrogen (secondary N) is 3. The smallest absolute Gasteiger partial charge is 0.255 e. The molecule has 3 aromatic heterocycles. The van der Waals surface area contributed by atoms with Crippen LogP contribution in [0.15, 0.2) is 134 Å². The van der Waals surface area contributed by atoms with E-state index in [0.29, 0.717) is 51.9 Å². The predicted molar refractivity (Wildman–Crippen MR) is 202 cm³/mol. The number of aromatic nitrogens is 5. The second-order valence-corrected chi connectivity index (χ2v) is 12.3. The molecule has 0 unspecified atom stereocenters. The van der Waals surface area contributed by atoms with Gasteiger partial charge in [0.05, 0.1) is 22.8 Å². The number of imidazole rings is 1. The number of amides is 2. The third-order valence-electron chi connectivity index (χ3n) is 8.83. The Morgan fingerprint density at radius 2 is 1.60 bits per heavy atom. The highest BCUT2D eigenvalue weighted by atomic mass is 16.3. The molecule has 2 amide bonds. The zero-order chi connectivity index (χ0) is 36.0. The maximum absolute atomic E-state index is 14.1. The van der Waals surface area contributed by atoms with Gasteiger partial charge in [-0.15, -0.1) is 0 Å². The molecule has 0 saturated carbocycles. The molecule has 3 heterocycles. The molecule has 0 fully saturated rings. The number of benzene rings is 4. The van der Waals surface area contributed by atoms with E-state index in [2.05, 4.69) is 30.9 Å². The van der Waals surface area contributed by atoms with Gasteiger partial charge in [0.15, 0.2) is 6.10 Å². The first-order chi connectivity index (χ1) is 25.4. The topological polar surface area (TPSA) is 147 Å². The van der Waals surface area contributed by atoms with E-state index in [9.17, 15) is 14.7 Å². The van der Waals surface area contributed by atoms with Gasteiger partial charge in [-0.1, -0.05) is 66.7 Å². The maximum Gasteiger partial charge on any atom is 0.255 e. The molecule has 0 bridgehead atoms. The third-order valence-corrected chi connectivity index (χ3v) is 8.83. The molecular weight excluding hydrogens is 653 g/mol. The molecule has 0 aliphatic heterocycles. The quantitative estimate of drug-likeness (QED) is 0.117. The molecule has 4 aromatic carbocycles. The molecule has 4 N–H and O–H groups in total. The summed E-state index contributed by atoms with van der Waals surface area (Å²) in [5.41, 5.74) is 7.07. The van der Waals surface area contributed by atoms with Gasteiger partial charge >= 0.3 is 0 Å². The number of pyridine rings is 1. The number of aryl methyl sites for hydroxylation is 1. The number of carbonyl (C=O) groups excluding carboxylic acids is 2. The van der Waals surface area contributed by atoms with E-state index >= 15 is 0 Å². The standard InChI is InChI=1S/C41H36N8O3/c1-26-15-17-31(24-33(26)48-41-44-21-19-32(47-41)30-14-9-20-43-25-30)45-40(52)37(50)36(22-27-10-5-3-6-11-27)49-35-18-16-29(39(51)42-2)23-34(35)46-38(49)28-12-7-4-8-13-28/h3-21,23-25,36-37,50H,22H2,1-2H3,(H,42,51)(H,45,52)(H,44,47,48)/t36-,37+/m1/s1. The fourth-order valence-electron chi connectivity index (χ4n) is 6.15. The van der Waals surface area contributed by atoms with Gasteiger partial charge in [-0.05, 0) is 73.0 Å². The highest BCUT2D eigenvalue weighted by Crippen LogP contribution is 2.33. The van der Waals surface area contributed by atoms with Crippen molar-refractivity contribution in [1.82, 2.24) is 29.8 Å². The van der Waals surface area contributed by atoms with E-state index in [1.165, 1.54) is 0 Å². The summed E-state index contributed by atoms with van der Waals surface area (Å²) in [4.78, 5) is 44.8. The van der Waals surface area contributed by atoms with Crippen LogP contribution in [-0.2, 0) is 11.2 Å². The molecule has 7 aromatic rings. The summed E-state index contributed by atoms with van der Waals surface area (Å²) in [6.45, 7) is 1.94. The van der Waals surface area contributed by atoms with Crippen LogP contribution in [0.5, 0.6) is 0 Å². The van der Waals surface area contributed by atoms with E-state index in [0.717, 1.165) is 22.3 Å². The van der Waals surface area contributed by atoms with Gasteiger partial charge in [0.2, 0.25) is 5.95 Å². The lowest BCUT2D eigenvalue weighted by Gasteiger charge is -2.27. The maximum atomic E-state index is 14.1. The largest absolute Gasteiger partial charge is 0.381 e. The van der Waals surface area contributed by atoms with E-state index < -0.39 is 18.1 Å². The minimum atomic E-state index is -1.50. The fourth-order valence-corrected chi connectivity index (χ4v) is 6.15.